The number of halogens is 4. The molecule has 94 valence electrons. The minimum absolute atomic E-state index is 0.122. The molecular weight excluding hydrogens is 301 g/mol. The Bertz CT molecular complexity index is 416. The van der Waals surface area contributed by atoms with Crippen LogP contribution >= 0.6 is 15.9 Å². The van der Waals surface area contributed by atoms with Gasteiger partial charge in [0, 0.05) is 17.3 Å². The summed E-state index contributed by atoms with van der Waals surface area (Å²) in [6.07, 6.45) is -4.41. The van der Waals surface area contributed by atoms with Gasteiger partial charge in [-0.15, -0.1) is 13.2 Å². The third-order valence-corrected chi connectivity index (χ3v) is 2.44. The van der Waals surface area contributed by atoms with Crippen molar-refractivity contribution in [2.45, 2.75) is 19.7 Å². The first kappa shape index (κ1) is 14.0. The molecule has 0 saturated carbocycles. The second-order valence-electron chi connectivity index (χ2n) is 3.39. The zero-order chi connectivity index (χ0) is 13.1. The largest absolute Gasteiger partial charge is 0.573 e. The molecule has 1 aromatic rings. The van der Waals surface area contributed by atoms with Crippen molar-refractivity contribution in [2.24, 2.45) is 0 Å². The van der Waals surface area contributed by atoms with E-state index in [4.69, 9.17) is 0 Å². The minimum Gasteiger partial charge on any atom is -0.406 e. The molecule has 0 radical (unpaired) electrons. The number of alkyl halides is 4. The lowest BCUT2D eigenvalue weighted by atomic mass is 10.1. The summed E-state index contributed by atoms with van der Waals surface area (Å²) in [7, 11) is 0. The molecule has 1 rings (SSSR count). The standard InChI is InChI=1S/C11H10BrF3O2/c1-7-6-8(9(16)4-5-12)2-3-10(7)17-11(13,14)15/h2-3,6H,4-5H2,1H3. The summed E-state index contributed by atoms with van der Waals surface area (Å²) in [6.45, 7) is 1.46. The first-order valence-corrected chi connectivity index (χ1v) is 5.91. The lowest BCUT2D eigenvalue weighted by Gasteiger charge is -2.11. The summed E-state index contributed by atoms with van der Waals surface area (Å²) >= 11 is 3.13. The predicted molar refractivity (Wildman–Crippen MR) is 60.6 cm³/mol. The fraction of sp³-hybridized carbons (Fsp3) is 0.364. The number of ketones is 1. The zero-order valence-corrected chi connectivity index (χ0v) is 10.6. The molecule has 0 bridgehead atoms. The van der Waals surface area contributed by atoms with Gasteiger partial charge in [-0.25, -0.2) is 0 Å². The maximum absolute atomic E-state index is 12.0. The smallest absolute Gasteiger partial charge is 0.406 e. The number of carbonyl (C=O) groups excluding carboxylic acids is 1. The van der Waals surface area contributed by atoms with Crippen LogP contribution in [0.5, 0.6) is 5.75 Å². The number of rotatable bonds is 4. The maximum atomic E-state index is 12.0. The molecule has 0 heterocycles. The molecule has 1 aromatic carbocycles. The third-order valence-electron chi connectivity index (χ3n) is 2.04. The van der Waals surface area contributed by atoms with E-state index in [0.717, 1.165) is 6.07 Å². The highest BCUT2D eigenvalue weighted by atomic mass is 79.9. The topological polar surface area (TPSA) is 26.3 Å². The molecule has 17 heavy (non-hydrogen) atoms. The van der Waals surface area contributed by atoms with Crippen molar-refractivity contribution in [3.63, 3.8) is 0 Å². The summed E-state index contributed by atoms with van der Waals surface area (Å²) in [5.41, 5.74) is 0.666. The monoisotopic (exact) mass is 310 g/mol. The van der Waals surface area contributed by atoms with Crippen LogP contribution in [-0.4, -0.2) is 17.5 Å². The summed E-state index contributed by atoms with van der Waals surface area (Å²) in [5.74, 6) is -0.406. The molecule has 2 nitrogen and oxygen atoms in total. The molecule has 0 aliphatic rings. The molecule has 0 aromatic heterocycles. The van der Waals surface area contributed by atoms with Crippen LogP contribution in [0.4, 0.5) is 13.2 Å². The summed E-state index contributed by atoms with van der Waals surface area (Å²) in [4.78, 5) is 11.5. The summed E-state index contributed by atoms with van der Waals surface area (Å²) < 4.78 is 39.8. The van der Waals surface area contributed by atoms with E-state index in [-0.39, 0.29) is 17.1 Å². The van der Waals surface area contributed by atoms with Gasteiger partial charge >= 0.3 is 6.36 Å². The molecule has 0 aliphatic carbocycles. The van der Waals surface area contributed by atoms with Crippen LogP contribution in [-0.2, 0) is 0 Å². The van der Waals surface area contributed by atoms with Gasteiger partial charge in [0.05, 0.1) is 0 Å². The second kappa shape index (κ2) is 5.53. The van der Waals surface area contributed by atoms with E-state index in [0.29, 0.717) is 17.3 Å². The van der Waals surface area contributed by atoms with E-state index in [1.165, 1.54) is 19.1 Å². The van der Waals surface area contributed by atoms with Gasteiger partial charge in [-0.05, 0) is 30.7 Å². The minimum atomic E-state index is -4.72. The average Bonchev–Trinajstić information content (AvgIpc) is 2.19. The van der Waals surface area contributed by atoms with Gasteiger partial charge in [-0.3, -0.25) is 4.79 Å². The Labute approximate surface area is 105 Å². The van der Waals surface area contributed by atoms with Crippen LogP contribution in [0.2, 0.25) is 0 Å². The quantitative estimate of drug-likeness (QED) is 0.623. The first-order chi connectivity index (χ1) is 7.83. The molecule has 0 unspecified atom stereocenters. The number of carbonyl (C=O) groups is 1. The highest BCUT2D eigenvalue weighted by molar-refractivity contribution is 9.09. The highest BCUT2D eigenvalue weighted by Crippen LogP contribution is 2.26. The number of hydrogen-bond acceptors (Lipinski definition) is 2. The Kier molecular flexibility index (Phi) is 4.56. The predicted octanol–water partition coefficient (Wildman–Crippen LogP) is 3.86. The van der Waals surface area contributed by atoms with Crippen molar-refractivity contribution in [1.29, 1.82) is 0 Å². The normalized spacial score (nSPS) is 11.4. The molecule has 0 atom stereocenters. The molecule has 0 fully saturated rings. The van der Waals surface area contributed by atoms with E-state index < -0.39 is 6.36 Å². The Morgan fingerprint density at radius 1 is 1.41 bits per heavy atom. The van der Waals surface area contributed by atoms with E-state index in [1.807, 2.05) is 0 Å². The molecule has 0 saturated heterocycles. The second-order valence-corrected chi connectivity index (χ2v) is 4.18. The average molecular weight is 311 g/mol. The highest BCUT2D eigenvalue weighted by Gasteiger charge is 2.31. The van der Waals surface area contributed by atoms with Crippen molar-refractivity contribution in [1.82, 2.24) is 0 Å². The van der Waals surface area contributed by atoms with Crippen LogP contribution in [0.15, 0.2) is 18.2 Å². The van der Waals surface area contributed by atoms with Crippen LogP contribution < -0.4 is 4.74 Å². The Hall–Kier alpha value is -1.04. The third kappa shape index (κ3) is 4.38. The zero-order valence-electron chi connectivity index (χ0n) is 8.97. The Morgan fingerprint density at radius 3 is 2.53 bits per heavy atom. The molecule has 0 amide bonds. The van der Waals surface area contributed by atoms with Crippen LogP contribution in [0, 0.1) is 6.92 Å². The summed E-state index contributed by atoms with van der Waals surface area (Å²) in [6, 6.07) is 3.88. The van der Waals surface area contributed by atoms with Crippen molar-refractivity contribution >= 4 is 21.7 Å². The van der Waals surface area contributed by atoms with Crippen molar-refractivity contribution < 1.29 is 22.7 Å². The number of Topliss-reactive ketones (excluding diaryl/α,β-unsaturated/α-hetero) is 1. The van der Waals surface area contributed by atoms with E-state index >= 15 is 0 Å². The maximum Gasteiger partial charge on any atom is 0.573 e. The number of benzene rings is 1. The van der Waals surface area contributed by atoms with Crippen LogP contribution in [0.1, 0.15) is 22.3 Å². The number of aryl methyl sites for hydroxylation is 1. The Balaban J connectivity index is 2.90. The van der Waals surface area contributed by atoms with Crippen molar-refractivity contribution in [3.05, 3.63) is 29.3 Å². The molecule has 0 aliphatic heterocycles. The Morgan fingerprint density at radius 2 is 2.06 bits per heavy atom. The number of ether oxygens (including phenoxy) is 1. The molecule has 6 heteroatoms. The van der Waals surface area contributed by atoms with E-state index in [9.17, 15) is 18.0 Å². The molecule has 0 N–H and O–H groups in total. The van der Waals surface area contributed by atoms with Gasteiger partial charge in [0.25, 0.3) is 0 Å². The fourth-order valence-electron chi connectivity index (χ4n) is 1.29. The van der Waals surface area contributed by atoms with Gasteiger partial charge < -0.3 is 4.74 Å². The van der Waals surface area contributed by atoms with Crippen LogP contribution in [0.25, 0.3) is 0 Å². The van der Waals surface area contributed by atoms with Gasteiger partial charge in [-0.2, -0.15) is 0 Å². The van der Waals surface area contributed by atoms with Gasteiger partial charge in [-0.1, -0.05) is 15.9 Å². The SMILES string of the molecule is Cc1cc(C(=O)CCBr)ccc1OC(F)(F)F. The van der Waals surface area contributed by atoms with Crippen molar-refractivity contribution in [3.8, 4) is 5.75 Å². The van der Waals surface area contributed by atoms with Crippen molar-refractivity contribution in [2.75, 3.05) is 5.33 Å². The fourth-order valence-corrected chi connectivity index (χ4v) is 1.65. The van der Waals surface area contributed by atoms with Gasteiger partial charge in [0.2, 0.25) is 0 Å². The van der Waals surface area contributed by atoms with Crippen LogP contribution in [0.3, 0.4) is 0 Å². The van der Waals surface area contributed by atoms with E-state index in [2.05, 4.69) is 20.7 Å². The lowest BCUT2D eigenvalue weighted by Crippen LogP contribution is -2.18. The molecule has 0 spiro atoms. The lowest BCUT2D eigenvalue weighted by molar-refractivity contribution is -0.274. The summed E-state index contributed by atoms with van der Waals surface area (Å²) in [5, 5.41) is 0.520. The van der Waals surface area contributed by atoms with Gasteiger partial charge in [0.1, 0.15) is 5.75 Å². The first-order valence-electron chi connectivity index (χ1n) is 4.79. The van der Waals surface area contributed by atoms with Gasteiger partial charge in [0.15, 0.2) is 5.78 Å². The number of hydrogen-bond donors (Lipinski definition) is 0. The van der Waals surface area contributed by atoms with E-state index in [1.54, 1.807) is 0 Å². The molecular formula is C11H10BrF3O2.